The molecule has 0 aliphatic heterocycles. The minimum atomic E-state index is 0.552. The van der Waals surface area contributed by atoms with Gasteiger partial charge in [0.05, 0.1) is 18.4 Å². The lowest BCUT2D eigenvalue weighted by Crippen LogP contribution is -1.91. The molecular weight excluding hydrogens is 306 g/mol. The van der Waals surface area contributed by atoms with Gasteiger partial charge in [0.2, 0.25) is 0 Å². The lowest BCUT2D eigenvalue weighted by Gasteiger charge is -2.07. The first-order valence-electron chi connectivity index (χ1n) is 6.18. The van der Waals surface area contributed by atoms with Crippen molar-refractivity contribution in [3.63, 3.8) is 0 Å². The predicted octanol–water partition coefficient (Wildman–Crippen LogP) is 3.68. The monoisotopic (exact) mass is 319 g/mol. The van der Waals surface area contributed by atoms with E-state index in [-0.39, 0.29) is 0 Å². The molecule has 2 N–H and O–H groups in total. The SMILES string of the molecule is COc1cc(N)ccc1SCc1noc(-c2ccsc2)n1. The number of anilines is 1. The molecule has 0 aliphatic rings. The van der Waals surface area contributed by atoms with Crippen LogP contribution in [-0.2, 0) is 5.75 Å². The highest BCUT2D eigenvalue weighted by molar-refractivity contribution is 7.98. The molecule has 3 aromatic rings. The van der Waals surface area contributed by atoms with E-state index in [0.717, 1.165) is 16.2 Å². The first-order valence-corrected chi connectivity index (χ1v) is 8.10. The van der Waals surface area contributed by atoms with Crippen molar-refractivity contribution in [1.82, 2.24) is 10.1 Å². The van der Waals surface area contributed by atoms with Gasteiger partial charge < -0.3 is 15.0 Å². The summed E-state index contributed by atoms with van der Waals surface area (Å²) >= 11 is 3.18. The average molecular weight is 319 g/mol. The second kappa shape index (κ2) is 6.19. The Morgan fingerprint density at radius 2 is 2.29 bits per heavy atom. The van der Waals surface area contributed by atoms with E-state index < -0.39 is 0 Å². The van der Waals surface area contributed by atoms with Crippen LogP contribution in [0.25, 0.3) is 11.5 Å². The Hall–Kier alpha value is -1.99. The van der Waals surface area contributed by atoms with Gasteiger partial charge in [0.1, 0.15) is 5.75 Å². The minimum absolute atomic E-state index is 0.552. The molecule has 0 aliphatic carbocycles. The summed E-state index contributed by atoms with van der Waals surface area (Å²) in [5.41, 5.74) is 7.37. The lowest BCUT2D eigenvalue weighted by atomic mass is 10.3. The molecule has 0 saturated carbocycles. The van der Waals surface area contributed by atoms with E-state index >= 15 is 0 Å². The Balaban J connectivity index is 1.71. The van der Waals surface area contributed by atoms with Crippen molar-refractivity contribution in [3.05, 3.63) is 40.8 Å². The number of ether oxygens (including phenoxy) is 1. The highest BCUT2D eigenvalue weighted by atomic mass is 32.2. The van der Waals surface area contributed by atoms with Crippen LogP contribution >= 0.6 is 23.1 Å². The lowest BCUT2D eigenvalue weighted by molar-refractivity contribution is 0.405. The molecule has 0 unspecified atom stereocenters. The summed E-state index contributed by atoms with van der Waals surface area (Å²) in [7, 11) is 1.63. The average Bonchev–Trinajstić information content (AvgIpc) is 3.16. The van der Waals surface area contributed by atoms with Gasteiger partial charge >= 0.3 is 0 Å². The molecule has 0 amide bonds. The van der Waals surface area contributed by atoms with Gasteiger partial charge in [-0.2, -0.15) is 16.3 Å². The van der Waals surface area contributed by atoms with E-state index in [1.54, 1.807) is 36.3 Å². The molecule has 1 aromatic carbocycles. The normalized spacial score (nSPS) is 10.7. The first-order chi connectivity index (χ1) is 10.3. The number of methoxy groups -OCH3 is 1. The van der Waals surface area contributed by atoms with E-state index in [1.165, 1.54) is 0 Å². The van der Waals surface area contributed by atoms with Crippen LogP contribution in [0.1, 0.15) is 5.82 Å². The second-order valence-corrected chi connectivity index (χ2v) is 6.02. The first kappa shape index (κ1) is 14.0. The van der Waals surface area contributed by atoms with Gasteiger partial charge in [-0.25, -0.2) is 0 Å². The number of nitrogens with two attached hydrogens (primary N) is 1. The Bertz CT molecular complexity index is 726. The maximum absolute atomic E-state index is 5.74. The zero-order valence-corrected chi connectivity index (χ0v) is 12.9. The van der Waals surface area contributed by atoms with Gasteiger partial charge in [-0.1, -0.05) is 5.16 Å². The standard InChI is InChI=1S/C14H13N3O2S2/c1-18-11-6-10(15)2-3-12(11)21-8-13-16-14(19-17-13)9-4-5-20-7-9/h2-7H,8,15H2,1H3. The van der Waals surface area contributed by atoms with Gasteiger partial charge in [-0.15, -0.1) is 11.8 Å². The third-order valence-corrected chi connectivity index (χ3v) is 4.51. The Morgan fingerprint density at radius 3 is 3.05 bits per heavy atom. The summed E-state index contributed by atoms with van der Waals surface area (Å²) in [6, 6.07) is 7.53. The van der Waals surface area contributed by atoms with Crippen LogP contribution in [0.15, 0.2) is 44.4 Å². The largest absolute Gasteiger partial charge is 0.496 e. The fourth-order valence-electron chi connectivity index (χ4n) is 1.76. The van der Waals surface area contributed by atoms with Gasteiger partial charge in [-0.3, -0.25) is 0 Å². The van der Waals surface area contributed by atoms with E-state index in [0.29, 0.717) is 23.2 Å². The molecule has 5 nitrogen and oxygen atoms in total. The molecule has 7 heteroatoms. The van der Waals surface area contributed by atoms with Crippen LogP contribution < -0.4 is 10.5 Å². The van der Waals surface area contributed by atoms with Crippen LogP contribution in [-0.4, -0.2) is 17.3 Å². The number of thiophene rings is 1. The summed E-state index contributed by atoms with van der Waals surface area (Å²) < 4.78 is 10.6. The highest BCUT2D eigenvalue weighted by Crippen LogP contribution is 2.33. The number of nitrogen functional groups attached to an aromatic ring is 1. The zero-order chi connectivity index (χ0) is 14.7. The fourth-order valence-corrected chi connectivity index (χ4v) is 3.24. The number of hydrogen-bond acceptors (Lipinski definition) is 7. The molecular formula is C14H13N3O2S2. The Morgan fingerprint density at radius 1 is 1.38 bits per heavy atom. The minimum Gasteiger partial charge on any atom is -0.496 e. The van der Waals surface area contributed by atoms with Crippen molar-refractivity contribution >= 4 is 28.8 Å². The number of thioether (sulfide) groups is 1. The molecule has 0 saturated heterocycles. The fraction of sp³-hybridized carbons (Fsp3) is 0.143. The van der Waals surface area contributed by atoms with Crippen molar-refractivity contribution < 1.29 is 9.26 Å². The summed E-state index contributed by atoms with van der Waals surface area (Å²) in [6.07, 6.45) is 0. The number of benzene rings is 1. The van der Waals surface area contributed by atoms with E-state index in [9.17, 15) is 0 Å². The van der Waals surface area contributed by atoms with Crippen LogP contribution in [0, 0.1) is 0 Å². The van der Waals surface area contributed by atoms with Crippen LogP contribution in [0.2, 0.25) is 0 Å². The van der Waals surface area contributed by atoms with Crippen LogP contribution in [0.4, 0.5) is 5.69 Å². The molecule has 21 heavy (non-hydrogen) atoms. The molecule has 0 fully saturated rings. The number of hydrogen-bond donors (Lipinski definition) is 1. The predicted molar refractivity (Wildman–Crippen MR) is 84.6 cm³/mol. The third-order valence-electron chi connectivity index (χ3n) is 2.78. The summed E-state index contributed by atoms with van der Waals surface area (Å²) in [5.74, 6) is 2.56. The number of nitrogens with zero attached hydrogens (tertiary/aromatic N) is 2. The van der Waals surface area contributed by atoms with Gasteiger partial charge in [0.15, 0.2) is 5.82 Å². The summed E-state index contributed by atoms with van der Waals surface area (Å²) in [5, 5.41) is 7.95. The van der Waals surface area contributed by atoms with E-state index in [4.69, 9.17) is 15.0 Å². The number of rotatable bonds is 5. The van der Waals surface area contributed by atoms with Gasteiger partial charge in [-0.05, 0) is 23.6 Å². The maximum Gasteiger partial charge on any atom is 0.258 e. The summed E-state index contributed by atoms with van der Waals surface area (Å²) in [6.45, 7) is 0. The molecule has 2 heterocycles. The van der Waals surface area contributed by atoms with Gasteiger partial charge in [0.25, 0.3) is 5.89 Å². The van der Waals surface area contributed by atoms with Crippen molar-refractivity contribution in [2.75, 3.05) is 12.8 Å². The molecule has 0 spiro atoms. The molecule has 3 rings (SSSR count). The van der Waals surface area contributed by atoms with Gasteiger partial charge in [0, 0.05) is 22.0 Å². The third kappa shape index (κ3) is 3.20. The summed E-state index contributed by atoms with van der Waals surface area (Å²) in [4.78, 5) is 5.38. The molecule has 108 valence electrons. The van der Waals surface area contributed by atoms with Crippen molar-refractivity contribution in [2.24, 2.45) is 0 Å². The van der Waals surface area contributed by atoms with Crippen molar-refractivity contribution in [3.8, 4) is 17.2 Å². The molecule has 0 atom stereocenters. The van der Waals surface area contributed by atoms with Crippen LogP contribution in [0.5, 0.6) is 5.75 Å². The quantitative estimate of drug-likeness (QED) is 0.571. The maximum atomic E-state index is 5.74. The molecule has 0 radical (unpaired) electrons. The highest BCUT2D eigenvalue weighted by Gasteiger charge is 2.11. The van der Waals surface area contributed by atoms with E-state index in [2.05, 4.69) is 10.1 Å². The zero-order valence-electron chi connectivity index (χ0n) is 11.3. The second-order valence-electron chi connectivity index (χ2n) is 4.23. The van der Waals surface area contributed by atoms with Crippen LogP contribution in [0.3, 0.4) is 0 Å². The van der Waals surface area contributed by atoms with Crippen molar-refractivity contribution in [1.29, 1.82) is 0 Å². The Kier molecular flexibility index (Phi) is 4.12. The Labute approximate surface area is 130 Å². The van der Waals surface area contributed by atoms with E-state index in [1.807, 2.05) is 29.0 Å². The topological polar surface area (TPSA) is 74.2 Å². The number of aromatic nitrogens is 2. The van der Waals surface area contributed by atoms with Crippen molar-refractivity contribution in [2.45, 2.75) is 10.6 Å². The molecule has 2 aromatic heterocycles. The molecule has 0 bridgehead atoms. The smallest absolute Gasteiger partial charge is 0.258 e.